The first-order chi connectivity index (χ1) is 7.15. The monoisotopic (exact) mass is 222 g/mol. The largest absolute Gasteiger partial charge is 0.328 e. The molecule has 4 nitrogen and oxygen atoms in total. The van der Waals surface area contributed by atoms with Gasteiger partial charge in [0.15, 0.2) is 5.82 Å². The highest BCUT2D eigenvalue weighted by atomic mass is 35.5. The highest BCUT2D eigenvalue weighted by Gasteiger charge is 2.04. The molecule has 0 radical (unpaired) electrons. The molecule has 2 aromatic rings. The van der Waals surface area contributed by atoms with E-state index in [2.05, 4.69) is 15.2 Å². The number of benzene rings is 1. The van der Waals surface area contributed by atoms with Crippen LogP contribution < -0.4 is 5.73 Å². The number of aromatic nitrogens is 3. The van der Waals surface area contributed by atoms with E-state index < -0.39 is 0 Å². The lowest BCUT2D eigenvalue weighted by atomic mass is 10.2. The third kappa shape index (κ3) is 2.40. The van der Waals surface area contributed by atoms with E-state index >= 15 is 0 Å². The first-order valence-electron chi connectivity index (χ1n) is 4.69. The fraction of sp³-hybridized carbons (Fsp3) is 0.300. The Morgan fingerprint density at radius 3 is 2.87 bits per heavy atom. The molecule has 1 unspecified atom stereocenters. The van der Waals surface area contributed by atoms with Crippen LogP contribution >= 0.6 is 11.6 Å². The topological polar surface area (TPSA) is 64.7 Å². The molecule has 0 spiro atoms. The van der Waals surface area contributed by atoms with Gasteiger partial charge < -0.3 is 5.73 Å². The van der Waals surface area contributed by atoms with E-state index in [9.17, 15) is 0 Å². The first-order valence-corrected chi connectivity index (χ1v) is 5.07. The van der Waals surface area contributed by atoms with Crippen molar-refractivity contribution in [2.24, 2.45) is 5.73 Å². The second-order valence-electron chi connectivity index (χ2n) is 3.54. The average molecular weight is 223 g/mol. The first kappa shape index (κ1) is 10.3. The van der Waals surface area contributed by atoms with Crippen LogP contribution in [0, 0.1) is 0 Å². The third-order valence-electron chi connectivity index (χ3n) is 1.96. The van der Waals surface area contributed by atoms with Gasteiger partial charge in [0.2, 0.25) is 0 Å². The number of hydrogen-bond donors (Lipinski definition) is 1. The summed E-state index contributed by atoms with van der Waals surface area (Å²) in [5, 5.41) is 8.69. The van der Waals surface area contributed by atoms with Crippen LogP contribution in [0.15, 0.2) is 18.2 Å². The third-order valence-corrected chi connectivity index (χ3v) is 2.20. The molecule has 1 atom stereocenters. The summed E-state index contributed by atoms with van der Waals surface area (Å²) in [5.74, 6) is 0.653. The van der Waals surface area contributed by atoms with Crippen LogP contribution in [0.4, 0.5) is 0 Å². The number of halogens is 1. The van der Waals surface area contributed by atoms with Crippen LogP contribution in [0.2, 0.25) is 5.02 Å². The Kier molecular flexibility index (Phi) is 2.79. The average Bonchev–Trinajstić information content (AvgIpc) is 2.16. The number of nitrogens with two attached hydrogens (primary N) is 1. The predicted molar refractivity (Wildman–Crippen MR) is 59.7 cm³/mol. The van der Waals surface area contributed by atoms with Crippen molar-refractivity contribution in [1.82, 2.24) is 15.2 Å². The Labute approximate surface area is 92.5 Å². The number of fused-ring (bicyclic) bond motifs is 1. The maximum atomic E-state index is 5.86. The van der Waals surface area contributed by atoms with E-state index in [0.29, 0.717) is 17.3 Å². The van der Waals surface area contributed by atoms with E-state index in [1.54, 1.807) is 18.2 Å². The van der Waals surface area contributed by atoms with Crippen molar-refractivity contribution in [3.05, 3.63) is 29.0 Å². The predicted octanol–water partition coefficient (Wildman–Crippen LogP) is 1.57. The normalized spacial score (nSPS) is 13.0. The molecule has 0 aliphatic carbocycles. The second kappa shape index (κ2) is 4.08. The molecule has 0 aliphatic heterocycles. The summed E-state index contributed by atoms with van der Waals surface area (Å²) in [4.78, 5) is 4.34. The van der Waals surface area contributed by atoms with E-state index in [1.807, 2.05) is 6.92 Å². The Morgan fingerprint density at radius 2 is 2.13 bits per heavy atom. The molecule has 1 aromatic heterocycles. The molecule has 0 saturated heterocycles. The standard InChI is InChI=1S/C10H11ClN4/c1-6(12)4-10-13-9-5-7(11)2-3-8(9)14-15-10/h2-3,5-6H,4,12H2,1H3. The van der Waals surface area contributed by atoms with Gasteiger partial charge in [-0.05, 0) is 25.1 Å². The molecule has 2 N–H and O–H groups in total. The van der Waals surface area contributed by atoms with Crippen molar-refractivity contribution in [2.75, 3.05) is 0 Å². The molecule has 0 amide bonds. The molecule has 2 rings (SSSR count). The molecule has 0 fully saturated rings. The summed E-state index contributed by atoms with van der Waals surface area (Å²) in [6, 6.07) is 5.37. The summed E-state index contributed by atoms with van der Waals surface area (Å²) in [6.45, 7) is 1.91. The SMILES string of the molecule is CC(N)Cc1nnc2ccc(Cl)cc2n1. The lowest BCUT2D eigenvalue weighted by Crippen LogP contribution is -2.19. The summed E-state index contributed by atoms with van der Waals surface area (Å²) in [7, 11) is 0. The van der Waals surface area contributed by atoms with Gasteiger partial charge in [0.1, 0.15) is 5.52 Å². The minimum Gasteiger partial charge on any atom is -0.328 e. The summed E-state index contributed by atoms with van der Waals surface area (Å²) in [6.07, 6.45) is 0.620. The van der Waals surface area contributed by atoms with E-state index in [1.165, 1.54) is 0 Å². The molecular formula is C10H11ClN4. The lowest BCUT2D eigenvalue weighted by Gasteiger charge is -2.03. The van der Waals surface area contributed by atoms with E-state index in [4.69, 9.17) is 17.3 Å². The highest BCUT2D eigenvalue weighted by Crippen LogP contribution is 2.15. The molecule has 5 heteroatoms. The Hall–Kier alpha value is -1.26. The van der Waals surface area contributed by atoms with Gasteiger partial charge in [0.05, 0.1) is 5.52 Å². The minimum atomic E-state index is 0.0310. The second-order valence-corrected chi connectivity index (χ2v) is 3.98. The molecule has 78 valence electrons. The Morgan fingerprint density at radius 1 is 1.33 bits per heavy atom. The van der Waals surface area contributed by atoms with Gasteiger partial charge in [-0.1, -0.05) is 11.6 Å². The van der Waals surface area contributed by atoms with E-state index in [0.717, 1.165) is 11.0 Å². The van der Waals surface area contributed by atoms with Gasteiger partial charge in [0.25, 0.3) is 0 Å². The van der Waals surface area contributed by atoms with Gasteiger partial charge in [-0.25, -0.2) is 4.98 Å². The lowest BCUT2D eigenvalue weighted by molar-refractivity contribution is 0.692. The van der Waals surface area contributed by atoms with Crippen molar-refractivity contribution >= 4 is 22.6 Å². The number of nitrogens with zero attached hydrogens (tertiary/aromatic N) is 3. The number of rotatable bonds is 2. The molecule has 0 aliphatic rings. The van der Waals surface area contributed by atoms with Crippen molar-refractivity contribution in [1.29, 1.82) is 0 Å². The van der Waals surface area contributed by atoms with Crippen LogP contribution in [-0.2, 0) is 6.42 Å². The summed E-state index contributed by atoms with van der Waals surface area (Å²) >= 11 is 5.86. The zero-order valence-corrected chi connectivity index (χ0v) is 9.07. The molecule has 1 heterocycles. The molecule has 0 saturated carbocycles. The highest BCUT2D eigenvalue weighted by molar-refractivity contribution is 6.31. The van der Waals surface area contributed by atoms with Gasteiger partial charge in [-0.15, -0.1) is 10.2 Å². The van der Waals surface area contributed by atoms with Crippen molar-refractivity contribution in [3.8, 4) is 0 Å². The fourth-order valence-corrected chi connectivity index (χ4v) is 1.48. The Balaban J connectivity index is 2.45. The molecular weight excluding hydrogens is 212 g/mol. The zero-order valence-electron chi connectivity index (χ0n) is 8.31. The summed E-state index contributed by atoms with van der Waals surface area (Å²) < 4.78 is 0. The van der Waals surface area contributed by atoms with Gasteiger partial charge in [-0.2, -0.15) is 0 Å². The van der Waals surface area contributed by atoms with Gasteiger partial charge >= 0.3 is 0 Å². The van der Waals surface area contributed by atoms with Crippen molar-refractivity contribution in [2.45, 2.75) is 19.4 Å². The fourth-order valence-electron chi connectivity index (χ4n) is 1.32. The smallest absolute Gasteiger partial charge is 0.153 e. The summed E-state index contributed by atoms with van der Waals surface area (Å²) in [5.41, 5.74) is 7.17. The van der Waals surface area contributed by atoms with Gasteiger partial charge in [-0.3, -0.25) is 0 Å². The van der Waals surface area contributed by atoms with Crippen molar-refractivity contribution in [3.63, 3.8) is 0 Å². The van der Waals surface area contributed by atoms with Crippen LogP contribution in [-0.4, -0.2) is 21.2 Å². The van der Waals surface area contributed by atoms with Crippen LogP contribution in [0.3, 0.4) is 0 Å². The number of hydrogen-bond acceptors (Lipinski definition) is 4. The maximum Gasteiger partial charge on any atom is 0.153 e. The van der Waals surface area contributed by atoms with E-state index in [-0.39, 0.29) is 6.04 Å². The maximum absolute atomic E-state index is 5.86. The Bertz CT molecular complexity index is 484. The minimum absolute atomic E-state index is 0.0310. The molecule has 1 aromatic carbocycles. The van der Waals surface area contributed by atoms with Gasteiger partial charge in [0, 0.05) is 17.5 Å². The molecule has 15 heavy (non-hydrogen) atoms. The van der Waals surface area contributed by atoms with Crippen LogP contribution in [0.1, 0.15) is 12.7 Å². The van der Waals surface area contributed by atoms with Crippen LogP contribution in [0.25, 0.3) is 11.0 Å². The van der Waals surface area contributed by atoms with Crippen LogP contribution in [0.5, 0.6) is 0 Å². The quantitative estimate of drug-likeness (QED) is 0.838. The zero-order chi connectivity index (χ0) is 10.8. The van der Waals surface area contributed by atoms with Crippen molar-refractivity contribution < 1.29 is 0 Å². The molecule has 0 bridgehead atoms.